The number of nitrogens with zero attached hydrogens (tertiary/aromatic N) is 2. The zero-order valence-corrected chi connectivity index (χ0v) is 19.2. The van der Waals surface area contributed by atoms with E-state index < -0.39 is 9.84 Å². The molecule has 0 bridgehead atoms. The molecule has 4 heterocycles. The van der Waals surface area contributed by atoms with Crippen LogP contribution in [0.5, 0.6) is 0 Å². The van der Waals surface area contributed by atoms with Crippen LogP contribution in [-0.4, -0.2) is 56.3 Å². The van der Waals surface area contributed by atoms with Crippen LogP contribution in [0.25, 0.3) is 10.4 Å². The highest BCUT2D eigenvalue weighted by atomic mass is 35.5. The van der Waals surface area contributed by atoms with Gasteiger partial charge in [0.1, 0.15) is 0 Å². The lowest BCUT2D eigenvalue weighted by Crippen LogP contribution is -2.48. The van der Waals surface area contributed by atoms with Gasteiger partial charge in [-0.15, -0.1) is 11.3 Å². The van der Waals surface area contributed by atoms with Gasteiger partial charge in [-0.1, -0.05) is 24.1 Å². The van der Waals surface area contributed by atoms with Crippen molar-refractivity contribution in [2.45, 2.75) is 48.8 Å². The second kappa shape index (κ2) is 7.93. The van der Waals surface area contributed by atoms with Crippen LogP contribution in [0.4, 0.5) is 0 Å². The van der Waals surface area contributed by atoms with Gasteiger partial charge in [0, 0.05) is 34.6 Å². The average molecular weight is 465 g/mol. The molecule has 5 nitrogen and oxygen atoms in total. The van der Waals surface area contributed by atoms with Gasteiger partial charge in [-0.3, -0.25) is 4.79 Å². The largest absolute Gasteiger partial charge is 0.338 e. The fourth-order valence-electron chi connectivity index (χ4n) is 4.97. The monoisotopic (exact) mass is 464 g/mol. The molecule has 0 saturated carbocycles. The highest BCUT2D eigenvalue weighted by Crippen LogP contribution is 2.44. The van der Waals surface area contributed by atoms with Crippen LogP contribution in [0.3, 0.4) is 0 Å². The number of hydrogen-bond acceptors (Lipinski definition) is 5. The van der Waals surface area contributed by atoms with Crippen molar-refractivity contribution < 1.29 is 13.2 Å². The molecule has 0 aliphatic carbocycles. The van der Waals surface area contributed by atoms with Gasteiger partial charge in [-0.25, -0.2) is 8.42 Å². The number of fused-ring (bicyclic) bond motifs is 3. The number of likely N-dealkylation sites (tertiary alicyclic amines) is 2. The zero-order chi connectivity index (χ0) is 20.9. The first-order valence-electron chi connectivity index (χ1n) is 10.6. The Kier molecular flexibility index (Phi) is 5.42. The summed E-state index contributed by atoms with van der Waals surface area (Å²) >= 11 is 7.44. The third-order valence-electron chi connectivity index (χ3n) is 6.55. The molecule has 0 radical (unpaired) electrons. The molecule has 3 aliphatic heterocycles. The first-order valence-corrected chi connectivity index (χ1v) is 13.5. The maximum absolute atomic E-state index is 13.2. The molecule has 0 unspecified atom stereocenters. The number of thiophene rings is 1. The van der Waals surface area contributed by atoms with E-state index in [-0.39, 0.29) is 16.6 Å². The number of carbonyl (C=O) groups is 1. The van der Waals surface area contributed by atoms with Gasteiger partial charge < -0.3 is 9.80 Å². The normalized spacial score (nSPS) is 21.8. The molecule has 1 aromatic carbocycles. The van der Waals surface area contributed by atoms with Crippen LogP contribution in [0.1, 0.15) is 47.3 Å². The maximum atomic E-state index is 13.2. The summed E-state index contributed by atoms with van der Waals surface area (Å²) in [4.78, 5) is 19.5. The molecule has 0 spiro atoms. The third-order valence-corrected chi connectivity index (χ3v) is 9.68. The Labute approximate surface area is 186 Å². The van der Waals surface area contributed by atoms with Crippen LogP contribution >= 0.6 is 22.9 Å². The standard InChI is InChI=1S/C22H25ClN2O3S2/c23-16-4-5-18-20(13-16)30(27,28)14-15-12-19(29-21(15)18)22(26)25-10-6-17(7-11-25)24-8-2-1-3-9-24/h4-5,12-13,17H,1-3,6-11,14H2. The summed E-state index contributed by atoms with van der Waals surface area (Å²) in [7, 11) is -3.44. The van der Waals surface area contributed by atoms with E-state index >= 15 is 0 Å². The van der Waals surface area contributed by atoms with Gasteiger partial charge in [0.25, 0.3) is 5.91 Å². The number of halogens is 1. The predicted molar refractivity (Wildman–Crippen MR) is 120 cm³/mol. The fraction of sp³-hybridized carbons (Fsp3) is 0.500. The van der Waals surface area contributed by atoms with Crippen molar-refractivity contribution in [2.75, 3.05) is 26.2 Å². The lowest BCUT2D eigenvalue weighted by Gasteiger charge is -2.40. The van der Waals surface area contributed by atoms with Crippen LogP contribution < -0.4 is 0 Å². The highest BCUT2D eigenvalue weighted by Gasteiger charge is 2.33. The number of carbonyl (C=O) groups excluding carboxylic acids is 1. The van der Waals surface area contributed by atoms with Gasteiger partial charge in [0.15, 0.2) is 9.84 Å². The topological polar surface area (TPSA) is 57.7 Å². The number of hydrogen-bond donors (Lipinski definition) is 0. The average Bonchev–Trinajstić information content (AvgIpc) is 3.17. The molecular weight excluding hydrogens is 440 g/mol. The Balaban J connectivity index is 1.35. The molecule has 5 rings (SSSR count). The zero-order valence-electron chi connectivity index (χ0n) is 16.8. The Morgan fingerprint density at radius 3 is 2.50 bits per heavy atom. The molecule has 1 aromatic heterocycles. The summed E-state index contributed by atoms with van der Waals surface area (Å²) in [5, 5.41) is 0.408. The van der Waals surface area contributed by atoms with Crippen LogP contribution in [0.2, 0.25) is 5.02 Å². The van der Waals surface area contributed by atoms with E-state index in [9.17, 15) is 13.2 Å². The second-order valence-electron chi connectivity index (χ2n) is 8.48. The van der Waals surface area contributed by atoms with Gasteiger partial charge >= 0.3 is 0 Å². The highest BCUT2D eigenvalue weighted by molar-refractivity contribution is 7.91. The summed E-state index contributed by atoms with van der Waals surface area (Å²) in [6, 6.07) is 7.35. The van der Waals surface area contributed by atoms with E-state index in [1.807, 2.05) is 4.90 Å². The molecule has 8 heteroatoms. The summed E-state index contributed by atoms with van der Waals surface area (Å²) in [6.07, 6.45) is 5.95. The number of benzene rings is 1. The SMILES string of the molecule is O=C(c1cc2c(s1)-c1ccc(Cl)cc1S(=O)(=O)C2)N1CCC(N2CCCCC2)CC1. The Morgan fingerprint density at radius 2 is 1.77 bits per heavy atom. The van der Waals surface area contributed by atoms with Crippen LogP contribution in [0.15, 0.2) is 29.2 Å². The van der Waals surface area contributed by atoms with E-state index in [1.165, 1.54) is 49.8 Å². The summed E-state index contributed by atoms with van der Waals surface area (Å²) < 4.78 is 25.4. The van der Waals surface area contributed by atoms with E-state index in [0.29, 0.717) is 21.5 Å². The van der Waals surface area contributed by atoms with Crippen molar-refractivity contribution in [1.29, 1.82) is 0 Å². The van der Waals surface area contributed by atoms with E-state index in [1.54, 1.807) is 18.2 Å². The molecule has 30 heavy (non-hydrogen) atoms. The number of rotatable bonds is 2. The minimum Gasteiger partial charge on any atom is -0.338 e. The number of amides is 1. The molecule has 3 aliphatic rings. The lowest BCUT2D eigenvalue weighted by atomic mass is 10.00. The quantitative estimate of drug-likeness (QED) is 0.659. The molecule has 1 amide bonds. The van der Waals surface area contributed by atoms with E-state index in [0.717, 1.165) is 36.4 Å². The summed E-state index contributed by atoms with van der Waals surface area (Å²) in [6.45, 7) is 3.92. The molecule has 160 valence electrons. The van der Waals surface area contributed by atoms with E-state index in [2.05, 4.69) is 4.90 Å². The van der Waals surface area contributed by atoms with Crippen molar-refractivity contribution >= 4 is 38.7 Å². The Hall–Kier alpha value is -1.41. The number of piperidine rings is 2. The van der Waals surface area contributed by atoms with Gasteiger partial charge in [0.05, 0.1) is 15.5 Å². The first-order chi connectivity index (χ1) is 14.4. The minimum absolute atomic E-state index is 0.0272. The van der Waals surface area contributed by atoms with Crippen molar-refractivity contribution in [1.82, 2.24) is 9.80 Å². The smallest absolute Gasteiger partial charge is 0.263 e. The third kappa shape index (κ3) is 3.70. The van der Waals surface area contributed by atoms with Crippen molar-refractivity contribution in [3.63, 3.8) is 0 Å². The first kappa shape index (κ1) is 20.5. The van der Waals surface area contributed by atoms with Crippen molar-refractivity contribution in [2.24, 2.45) is 0 Å². The molecular formula is C22H25ClN2O3S2. The predicted octanol–water partition coefficient (Wildman–Crippen LogP) is 4.45. The van der Waals surface area contributed by atoms with Gasteiger partial charge in [0.2, 0.25) is 0 Å². The summed E-state index contributed by atoms with van der Waals surface area (Å²) in [5.41, 5.74) is 1.38. The Bertz CT molecular complexity index is 1080. The number of sulfone groups is 1. The maximum Gasteiger partial charge on any atom is 0.263 e. The molecule has 2 fully saturated rings. The lowest BCUT2D eigenvalue weighted by molar-refractivity contribution is 0.0594. The fourth-order valence-corrected chi connectivity index (χ4v) is 8.15. The molecule has 2 saturated heterocycles. The van der Waals surface area contributed by atoms with E-state index in [4.69, 9.17) is 11.6 Å². The second-order valence-corrected chi connectivity index (χ2v) is 11.9. The van der Waals surface area contributed by atoms with Crippen LogP contribution in [-0.2, 0) is 15.6 Å². The van der Waals surface area contributed by atoms with Crippen molar-refractivity contribution in [3.05, 3.63) is 39.7 Å². The molecule has 0 atom stereocenters. The van der Waals surface area contributed by atoms with Crippen molar-refractivity contribution in [3.8, 4) is 10.4 Å². The van der Waals surface area contributed by atoms with Gasteiger partial charge in [-0.05, 0) is 62.5 Å². The minimum atomic E-state index is -3.44. The van der Waals surface area contributed by atoms with Gasteiger partial charge in [-0.2, -0.15) is 0 Å². The Morgan fingerprint density at radius 1 is 1.03 bits per heavy atom. The summed E-state index contributed by atoms with van der Waals surface area (Å²) in [5.74, 6) is -0.0457. The molecule has 2 aromatic rings. The molecule has 0 N–H and O–H groups in total. The van der Waals surface area contributed by atoms with Crippen LogP contribution in [0, 0.1) is 0 Å².